The van der Waals surface area contributed by atoms with Crippen LogP contribution in [0, 0.1) is 5.92 Å². The van der Waals surface area contributed by atoms with Crippen LogP contribution in [0.3, 0.4) is 0 Å². The second-order valence-corrected chi connectivity index (χ2v) is 8.55. The summed E-state index contributed by atoms with van der Waals surface area (Å²) in [6.45, 7) is 0. The molecule has 4 aromatic heterocycles. The van der Waals surface area contributed by atoms with Crippen molar-refractivity contribution in [3.63, 3.8) is 0 Å². The summed E-state index contributed by atoms with van der Waals surface area (Å²) < 4.78 is 2.12. The zero-order valence-electron chi connectivity index (χ0n) is 16.0. The summed E-state index contributed by atoms with van der Waals surface area (Å²) >= 11 is 1.67. The minimum Gasteiger partial charge on any atom is -0.368 e. The number of anilines is 1. The Morgan fingerprint density at radius 3 is 2.93 bits per heavy atom. The molecule has 5 rings (SSSR count). The number of nitrogens with zero attached hydrogens (tertiary/aromatic N) is 6. The van der Waals surface area contributed by atoms with Crippen LogP contribution in [0.25, 0.3) is 22.3 Å². The summed E-state index contributed by atoms with van der Waals surface area (Å²) in [6.07, 6.45) is 13.5. The van der Waals surface area contributed by atoms with E-state index in [-0.39, 0.29) is 0 Å². The molecule has 29 heavy (non-hydrogen) atoms. The Bertz CT molecular complexity index is 1090. The van der Waals surface area contributed by atoms with Crippen LogP contribution in [-0.4, -0.2) is 45.7 Å². The van der Waals surface area contributed by atoms with Gasteiger partial charge in [0.15, 0.2) is 0 Å². The van der Waals surface area contributed by atoms with Gasteiger partial charge in [-0.25, -0.2) is 15.1 Å². The van der Waals surface area contributed by atoms with E-state index in [9.17, 15) is 0 Å². The summed E-state index contributed by atoms with van der Waals surface area (Å²) in [4.78, 5) is 16.0. The Morgan fingerprint density at radius 2 is 2.10 bits per heavy atom. The molecule has 0 aliphatic heterocycles. The van der Waals surface area contributed by atoms with Crippen molar-refractivity contribution in [2.45, 2.75) is 43.3 Å². The molecule has 0 saturated heterocycles. The molecule has 1 aliphatic rings. The number of nitrogen functional groups attached to an aromatic ring is 1. The summed E-state index contributed by atoms with van der Waals surface area (Å²) in [7, 11) is 0. The van der Waals surface area contributed by atoms with Crippen LogP contribution in [0.4, 0.5) is 5.95 Å². The smallest absolute Gasteiger partial charge is 0.216 e. The van der Waals surface area contributed by atoms with E-state index in [4.69, 9.17) is 5.73 Å². The third-order valence-electron chi connectivity index (χ3n) is 5.66. The van der Waals surface area contributed by atoms with Gasteiger partial charge in [0.1, 0.15) is 12.0 Å². The average Bonchev–Trinajstić information content (AvgIpc) is 3.49. The lowest BCUT2D eigenvalue weighted by Crippen LogP contribution is -2.19. The molecule has 0 amide bonds. The normalized spacial score (nSPS) is 19.7. The second kappa shape index (κ2) is 7.86. The quantitative estimate of drug-likeness (QED) is 0.416. The maximum atomic E-state index is 5.56. The van der Waals surface area contributed by atoms with Crippen LogP contribution >= 0.6 is 11.8 Å². The molecule has 10 heteroatoms. The minimum absolute atomic E-state index is 0.380. The fourth-order valence-electron chi connectivity index (χ4n) is 4.10. The molecule has 0 spiro atoms. The Hall–Kier alpha value is -2.88. The topological polar surface area (TPSA) is 127 Å². The van der Waals surface area contributed by atoms with E-state index < -0.39 is 0 Å². The fourth-order valence-corrected chi connectivity index (χ4v) is 5.01. The molecule has 1 fully saturated rings. The lowest BCUT2D eigenvalue weighted by molar-refractivity contribution is 0.257. The number of H-pyrrole nitrogens is 2. The van der Waals surface area contributed by atoms with Crippen molar-refractivity contribution in [1.29, 1.82) is 0 Å². The van der Waals surface area contributed by atoms with E-state index in [1.54, 1.807) is 18.1 Å². The van der Waals surface area contributed by atoms with Crippen molar-refractivity contribution in [2.24, 2.45) is 5.92 Å². The van der Waals surface area contributed by atoms with Gasteiger partial charge in [0.05, 0.1) is 17.9 Å². The van der Waals surface area contributed by atoms with E-state index in [2.05, 4.69) is 46.1 Å². The predicted molar refractivity (Wildman–Crippen MR) is 112 cm³/mol. The Labute approximate surface area is 171 Å². The van der Waals surface area contributed by atoms with Crippen molar-refractivity contribution in [2.75, 3.05) is 11.5 Å². The van der Waals surface area contributed by atoms with Crippen molar-refractivity contribution in [1.82, 2.24) is 39.9 Å². The number of fused-ring (bicyclic) bond motifs is 1. The third-order valence-corrected chi connectivity index (χ3v) is 6.54. The number of rotatable bonds is 6. The molecule has 1 aliphatic carbocycles. The van der Waals surface area contributed by atoms with E-state index in [1.807, 2.05) is 18.5 Å². The highest BCUT2D eigenvalue weighted by molar-refractivity contribution is 7.99. The predicted octanol–water partition coefficient (Wildman–Crippen LogP) is 3.44. The lowest BCUT2D eigenvalue weighted by atomic mass is 9.84. The molecular weight excluding hydrogens is 386 g/mol. The number of nitrogens with two attached hydrogens (primary N) is 1. The van der Waals surface area contributed by atoms with Gasteiger partial charge in [-0.2, -0.15) is 10.1 Å². The molecule has 4 aromatic rings. The molecular formula is C19H23N9S. The first-order chi connectivity index (χ1) is 14.3. The second-order valence-electron chi connectivity index (χ2n) is 7.49. The minimum atomic E-state index is 0.380. The van der Waals surface area contributed by atoms with Crippen molar-refractivity contribution < 1.29 is 0 Å². The van der Waals surface area contributed by atoms with Crippen LogP contribution in [0.1, 0.15) is 38.1 Å². The van der Waals surface area contributed by atoms with Gasteiger partial charge in [-0.1, -0.05) is 11.8 Å². The monoisotopic (exact) mass is 409 g/mol. The molecule has 4 heterocycles. The SMILES string of the molecule is Nc1nc(SCCC2CCC(n3cc(-c4ncnc5[nH]ccc45)cn3)CC2)n[nH]1. The largest absolute Gasteiger partial charge is 0.368 e. The number of hydrogen-bond acceptors (Lipinski definition) is 7. The van der Waals surface area contributed by atoms with Gasteiger partial charge in [-0.3, -0.25) is 4.68 Å². The Morgan fingerprint density at radius 1 is 1.21 bits per heavy atom. The first-order valence-electron chi connectivity index (χ1n) is 9.89. The van der Waals surface area contributed by atoms with Gasteiger partial charge in [-0.15, -0.1) is 5.10 Å². The number of thioether (sulfide) groups is 1. The number of aromatic nitrogens is 8. The molecule has 9 nitrogen and oxygen atoms in total. The van der Waals surface area contributed by atoms with Gasteiger partial charge < -0.3 is 10.7 Å². The van der Waals surface area contributed by atoms with Crippen molar-refractivity contribution in [3.05, 3.63) is 31.0 Å². The molecule has 4 N–H and O–H groups in total. The highest BCUT2D eigenvalue weighted by Crippen LogP contribution is 2.35. The first-order valence-corrected chi connectivity index (χ1v) is 10.9. The zero-order chi connectivity index (χ0) is 19.6. The van der Waals surface area contributed by atoms with Gasteiger partial charge >= 0.3 is 0 Å². The summed E-state index contributed by atoms with van der Waals surface area (Å²) in [5.74, 6) is 2.16. The molecule has 0 radical (unpaired) electrons. The van der Waals surface area contributed by atoms with Crippen LogP contribution < -0.4 is 5.73 Å². The van der Waals surface area contributed by atoms with Crippen LogP contribution in [-0.2, 0) is 0 Å². The van der Waals surface area contributed by atoms with Gasteiger partial charge in [-0.05, 0) is 44.1 Å². The number of aromatic amines is 2. The van der Waals surface area contributed by atoms with Crippen LogP contribution in [0.5, 0.6) is 0 Å². The maximum Gasteiger partial charge on any atom is 0.216 e. The Kier molecular flexibility index (Phi) is 4.92. The molecule has 0 aromatic carbocycles. The molecule has 150 valence electrons. The molecule has 0 bridgehead atoms. The zero-order valence-corrected chi connectivity index (χ0v) is 16.8. The van der Waals surface area contributed by atoms with E-state index in [0.29, 0.717) is 12.0 Å². The van der Waals surface area contributed by atoms with Gasteiger partial charge in [0, 0.05) is 29.1 Å². The summed E-state index contributed by atoms with van der Waals surface area (Å²) in [5, 5.41) is 13.2. The standard InChI is InChI=1S/C19H23N9S/c20-18-25-19(27-26-18)29-8-6-12-1-3-14(4-2-12)28-10-13(9-24-28)16-15-5-7-21-17(15)23-11-22-16/h5,7,9-12,14H,1-4,6,8H2,(H,21,22,23)(H3,20,25,26,27). The van der Waals surface area contributed by atoms with Crippen LogP contribution in [0.2, 0.25) is 0 Å². The fraction of sp³-hybridized carbons (Fsp3) is 0.421. The van der Waals surface area contributed by atoms with Crippen molar-refractivity contribution >= 4 is 28.7 Å². The highest BCUT2D eigenvalue weighted by atomic mass is 32.2. The Balaban J connectivity index is 1.17. The first kappa shape index (κ1) is 18.2. The van der Waals surface area contributed by atoms with E-state index in [1.165, 1.54) is 19.3 Å². The lowest BCUT2D eigenvalue weighted by Gasteiger charge is -2.28. The van der Waals surface area contributed by atoms with E-state index in [0.717, 1.165) is 52.0 Å². The third kappa shape index (κ3) is 3.84. The molecule has 0 unspecified atom stereocenters. The van der Waals surface area contributed by atoms with Crippen molar-refractivity contribution in [3.8, 4) is 11.3 Å². The number of nitrogens with one attached hydrogen (secondary N) is 2. The highest BCUT2D eigenvalue weighted by Gasteiger charge is 2.23. The summed E-state index contributed by atoms with van der Waals surface area (Å²) in [6, 6.07) is 2.47. The molecule has 0 atom stereocenters. The van der Waals surface area contributed by atoms with E-state index >= 15 is 0 Å². The summed E-state index contributed by atoms with van der Waals surface area (Å²) in [5.41, 5.74) is 8.39. The van der Waals surface area contributed by atoms with Gasteiger partial charge in [0.2, 0.25) is 11.1 Å². The van der Waals surface area contributed by atoms with Crippen LogP contribution in [0.15, 0.2) is 36.1 Å². The number of hydrogen-bond donors (Lipinski definition) is 3. The maximum absolute atomic E-state index is 5.56. The molecule has 1 saturated carbocycles. The van der Waals surface area contributed by atoms with Gasteiger partial charge in [0.25, 0.3) is 0 Å². The average molecular weight is 410 g/mol.